The predicted molar refractivity (Wildman–Crippen MR) is 58.3 cm³/mol. The SMILES string of the molecule is CCC(CC)c1cccc(COC)n1. The number of rotatable bonds is 5. The molecule has 1 aromatic rings. The van der Waals surface area contributed by atoms with Gasteiger partial charge in [-0.05, 0) is 25.0 Å². The summed E-state index contributed by atoms with van der Waals surface area (Å²) in [7, 11) is 1.70. The van der Waals surface area contributed by atoms with E-state index in [1.165, 1.54) is 5.69 Å². The summed E-state index contributed by atoms with van der Waals surface area (Å²) in [5.74, 6) is 0.590. The Kier molecular flexibility index (Phi) is 4.60. The van der Waals surface area contributed by atoms with Crippen LogP contribution in [-0.4, -0.2) is 12.1 Å². The van der Waals surface area contributed by atoms with Crippen molar-refractivity contribution in [3.63, 3.8) is 0 Å². The van der Waals surface area contributed by atoms with E-state index in [9.17, 15) is 0 Å². The molecule has 0 spiro atoms. The molecular weight excluding hydrogens is 174 g/mol. The molecule has 0 aromatic carbocycles. The molecule has 0 N–H and O–H groups in total. The maximum atomic E-state index is 5.07. The van der Waals surface area contributed by atoms with Gasteiger partial charge in [-0.1, -0.05) is 19.9 Å². The van der Waals surface area contributed by atoms with Crippen molar-refractivity contribution in [2.24, 2.45) is 0 Å². The standard InChI is InChI=1S/C12H19NO/c1-4-10(5-2)12-8-6-7-11(13-12)9-14-3/h6-8,10H,4-5,9H2,1-3H3. The maximum Gasteiger partial charge on any atom is 0.0884 e. The highest BCUT2D eigenvalue weighted by atomic mass is 16.5. The van der Waals surface area contributed by atoms with Gasteiger partial charge in [0.25, 0.3) is 0 Å². The van der Waals surface area contributed by atoms with Crippen LogP contribution in [0.5, 0.6) is 0 Å². The summed E-state index contributed by atoms with van der Waals surface area (Å²) < 4.78 is 5.07. The van der Waals surface area contributed by atoms with Crippen molar-refractivity contribution >= 4 is 0 Å². The largest absolute Gasteiger partial charge is 0.378 e. The molecule has 0 amide bonds. The van der Waals surface area contributed by atoms with Crippen LogP contribution >= 0.6 is 0 Å². The minimum atomic E-state index is 0.590. The second kappa shape index (κ2) is 5.76. The molecule has 0 radical (unpaired) electrons. The molecule has 0 saturated carbocycles. The number of hydrogen-bond donors (Lipinski definition) is 0. The van der Waals surface area contributed by atoms with E-state index in [1.807, 2.05) is 6.07 Å². The monoisotopic (exact) mass is 193 g/mol. The fraction of sp³-hybridized carbons (Fsp3) is 0.583. The number of ether oxygens (including phenoxy) is 1. The first kappa shape index (κ1) is 11.2. The first-order chi connectivity index (χ1) is 6.81. The Balaban J connectivity index is 2.81. The van der Waals surface area contributed by atoms with Gasteiger partial charge in [0, 0.05) is 18.7 Å². The van der Waals surface area contributed by atoms with E-state index in [2.05, 4.69) is 31.0 Å². The number of pyridine rings is 1. The van der Waals surface area contributed by atoms with Crippen LogP contribution in [0.3, 0.4) is 0 Å². The zero-order valence-electron chi connectivity index (χ0n) is 9.29. The zero-order chi connectivity index (χ0) is 10.4. The van der Waals surface area contributed by atoms with Gasteiger partial charge in [-0.3, -0.25) is 4.98 Å². The number of hydrogen-bond acceptors (Lipinski definition) is 2. The molecule has 0 atom stereocenters. The molecule has 78 valence electrons. The zero-order valence-corrected chi connectivity index (χ0v) is 9.29. The van der Waals surface area contributed by atoms with Gasteiger partial charge in [0.1, 0.15) is 0 Å². The predicted octanol–water partition coefficient (Wildman–Crippen LogP) is 3.13. The highest BCUT2D eigenvalue weighted by molar-refractivity contribution is 5.14. The summed E-state index contributed by atoms with van der Waals surface area (Å²) in [5.41, 5.74) is 2.22. The average Bonchev–Trinajstić information content (AvgIpc) is 2.21. The number of nitrogens with zero attached hydrogens (tertiary/aromatic N) is 1. The van der Waals surface area contributed by atoms with Gasteiger partial charge in [-0.2, -0.15) is 0 Å². The summed E-state index contributed by atoms with van der Waals surface area (Å²) >= 11 is 0. The topological polar surface area (TPSA) is 22.1 Å². The van der Waals surface area contributed by atoms with Crippen LogP contribution in [-0.2, 0) is 11.3 Å². The average molecular weight is 193 g/mol. The lowest BCUT2D eigenvalue weighted by Crippen LogP contribution is -2.02. The highest BCUT2D eigenvalue weighted by Crippen LogP contribution is 2.20. The third-order valence-corrected chi connectivity index (χ3v) is 2.52. The minimum Gasteiger partial charge on any atom is -0.378 e. The third kappa shape index (κ3) is 2.81. The Morgan fingerprint density at radius 1 is 1.29 bits per heavy atom. The van der Waals surface area contributed by atoms with Crippen LogP contribution in [0.1, 0.15) is 44.0 Å². The molecule has 1 aromatic heterocycles. The molecule has 0 aliphatic rings. The van der Waals surface area contributed by atoms with E-state index in [4.69, 9.17) is 4.74 Å². The smallest absolute Gasteiger partial charge is 0.0884 e. The van der Waals surface area contributed by atoms with Gasteiger partial charge in [0.2, 0.25) is 0 Å². The van der Waals surface area contributed by atoms with Crippen molar-refractivity contribution in [2.45, 2.75) is 39.2 Å². The molecule has 0 bridgehead atoms. The fourth-order valence-electron chi connectivity index (χ4n) is 1.66. The Morgan fingerprint density at radius 2 is 2.00 bits per heavy atom. The third-order valence-electron chi connectivity index (χ3n) is 2.52. The van der Waals surface area contributed by atoms with Crippen molar-refractivity contribution in [3.05, 3.63) is 29.6 Å². The second-order valence-electron chi connectivity index (χ2n) is 3.50. The molecule has 14 heavy (non-hydrogen) atoms. The van der Waals surface area contributed by atoms with Gasteiger partial charge in [0.05, 0.1) is 12.3 Å². The van der Waals surface area contributed by atoms with Crippen LogP contribution in [0.4, 0.5) is 0 Å². The van der Waals surface area contributed by atoms with E-state index in [0.717, 1.165) is 18.5 Å². The minimum absolute atomic E-state index is 0.590. The lowest BCUT2D eigenvalue weighted by molar-refractivity contribution is 0.181. The molecule has 2 heteroatoms. The maximum absolute atomic E-state index is 5.07. The highest BCUT2D eigenvalue weighted by Gasteiger charge is 2.08. The van der Waals surface area contributed by atoms with E-state index < -0.39 is 0 Å². The number of methoxy groups -OCH3 is 1. The quantitative estimate of drug-likeness (QED) is 0.716. The Morgan fingerprint density at radius 3 is 2.57 bits per heavy atom. The molecule has 0 aliphatic heterocycles. The summed E-state index contributed by atoms with van der Waals surface area (Å²) in [6.45, 7) is 5.02. The first-order valence-electron chi connectivity index (χ1n) is 5.26. The van der Waals surface area contributed by atoms with Gasteiger partial charge < -0.3 is 4.74 Å². The summed E-state index contributed by atoms with van der Waals surface area (Å²) in [5, 5.41) is 0. The lowest BCUT2D eigenvalue weighted by atomic mass is 9.99. The lowest BCUT2D eigenvalue weighted by Gasteiger charge is -2.12. The Bertz CT molecular complexity index is 269. The van der Waals surface area contributed by atoms with Gasteiger partial charge in [-0.15, -0.1) is 0 Å². The molecule has 0 unspecified atom stereocenters. The van der Waals surface area contributed by atoms with Gasteiger partial charge >= 0.3 is 0 Å². The molecule has 2 nitrogen and oxygen atoms in total. The van der Waals surface area contributed by atoms with E-state index in [1.54, 1.807) is 7.11 Å². The van der Waals surface area contributed by atoms with E-state index >= 15 is 0 Å². The molecular formula is C12H19NO. The fourth-order valence-corrected chi connectivity index (χ4v) is 1.66. The van der Waals surface area contributed by atoms with Crippen molar-refractivity contribution in [1.82, 2.24) is 4.98 Å². The van der Waals surface area contributed by atoms with Crippen LogP contribution in [0.2, 0.25) is 0 Å². The van der Waals surface area contributed by atoms with Crippen molar-refractivity contribution in [3.8, 4) is 0 Å². The summed E-state index contributed by atoms with van der Waals surface area (Å²) in [4.78, 5) is 4.58. The molecule has 1 heterocycles. The summed E-state index contributed by atoms with van der Waals surface area (Å²) in [6.07, 6.45) is 2.31. The normalized spacial score (nSPS) is 10.9. The molecule has 0 aliphatic carbocycles. The first-order valence-corrected chi connectivity index (χ1v) is 5.26. The van der Waals surface area contributed by atoms with E-state index in [0.29, 0.717) is 12.5 Å². The van der Waals surface area contributed by atoms with E-state index in [-0.39, 0.29) is 0 Å². The molecule has 1 rings (SSSR count). The van der Waals surface area contributed by atoms with Gasteiger partial charge in [0.15, 0.2) is 0 Å². The van der Waals surface area contributed by atoms with Crippen molar-refractivity contribution < 1.29 is 4.74 Å². The van der Waals surface area contributed by atoms with Crippen LogP contribution in [0, 0.1) is 0 Å². The Hall–Kier alpha value is -0.890. The van der Waals surface area contributed by atoms with Crippen molar-refractivity contribution in [2.75, 3.05) is 7.11 Å². The van der Waals surface area contributed by atoms with Crippen LogP contribution in [0.25, 0.3) is 0 Å². The molecule has 0 fully saturated rings. The van der Waals surface area contributed by atoms with Crippen LogP contribution in [0.15, 0.2) is 18.2 Å². The Labute approximate surface area is 86.3 Å². The summed E-state index contributed by atoms with van der Waals surface area (Å²) in [6, 6.07) is 6.18. The van der Waals surface area contributed by atoms with Crippen molar-refractivity contribution in [1.29, 1.82) is 0 Å². The molecule has 0 saturated heterocycles. The number of aromatic nitrogens is 1. The van der Waals surface area contributed by atoms with Crippen LogP contribution < -0.4 is 0 Å². The second-order valence-corrected chi connectivity index (χ2v) is 3.50. The van der Waals surface area contributed by atoms with Gasteiger partial charge in [-0.25, -0.2) is 0 Å².